The Morgan fingerprint density at radius 2 is 2.30 bits per heavy atom. The van der Waals surface area contributed by atoms with Crippen molar-refractivity contribution in [2.24, 2.45) is 5.92 Å². The van der Waals surface area contributed by atoms with Gasteiger partial charge in [0.2, 0.25) is 5.91 Å². The maximum Gasteiger partial charge on any atom is 0.237 e. The second-order valence-electron chi connectivity index (χ2n) is 4.89. The number of carbonyl (C=O) groups is 2. The molecule has 1 saturated heterocycles. The molecule has 0 N–H and O–H groups in total. The van der Waals surface area contributed by atoms with Gasteiger partial charge in [0.25, 0.3) is 0 Å². The van der Waals surface area contributed by atoms with E-state index in [1.165, 1.54) is 11.0 Å². The third kappa shape index (κ3) is 2.55. The summed E-state index contributed by atoms with van der Waals surface area (Å²) in [7, 11) is 0. The van der Waals surface area contributed by atoms with Crippen LogP contribution in [0.25, 0.3) is 0 Å². The van der Waals surface area contributed by atoms with Gasteiger partial charge in [-0.1, -0.05) is 12.1 Å². The number of benzene rings is 1. The van der Waals surface area contributed by atoms with Gasteiger partial charge in [0, 0.05) is 6.54 Å². The molecule has 1 aliphatic heterocycles. The minimum Gasteiger partial charge on any atom is -0.309 e. The SMILES string of the molecule is Cc1cccc(N2CCC[C@H](C(=O)CC#N)C2=O)c1F. The van der Waals surface area contributed by atoms with E-state index < -0.39 is 17.6 Å². The zero-order valence-electron chi connectivity index (χ0n) is 11.2. The van der Waals surface area contributed by atoms with Gasteiger partial charge in [-0.3, -0.25) is 9.59 Å². The molecule has 5 heteroatoms. The maximum absolute atomic E-state index is 14.1. The van der Waals surface area contributed by atoms with Crippen molar-refractivity contribution in [3.8, 4) is 6.07 Å². The summed E-state index contributed by atoms with van der Waals surface area (Å²) < 4.78 is 14.1. The number of nitriles is 1. The van der Waals surface area contributed by atoms with E-state index in [9.17, 15) is 14.0 Å². The third-order valence-corrected chi connectivity index (χ3v) is 3.54. The van der Waals surface area contributed by atoms with E-state index >= 15 is 0 Å². The topological polar surface area (TPSA) is 61.2 Å². The van der Waals surface area contributed by atoms with E-state index in [0.717, 1.165) is 0 Å². The lowest BCUT2D eigenvalue weighted by Gasteiger charge is -2.31. The second kappa shape index (κ2) is 5.83. The summed E-state index contributed by atoms with van der Waals surface area (Å²) in [6.07, 6.45) is 0.783. The normalized spacial score (nSPS) is 18.8. The lowest BCUT2D eigenvalue weighted by molar-refractivity contribution is -0.133. The molecule has 2 rings (SSSR count). The number of aryl methyl sites for hydroxylation is 1. The highest BCUT2D eigenvalue weighted by molar-refractivity contribution is 6.09. The number of amides is 1. The molecule has 20 heavy (non-hydrogen) atoms. The lowest BCUT2D eigenvalue weighted by Crippen LogP contribution is -2.44. The maximum atomic E-state index is 14.1. The summed E-state index contributed by atoms with van der Waals surface area (Å²) in [4.78, 5) is 25.4. The summed E-state index contributed by atoms with van der Waals surface area (Å²) in [6, 6.07) is 6.62. The third-order valence-electron chi connectivity index (χ3n) is 3.54. The highest BCUT2D eigenvalue weighted by Crippen LogP contribution is 2.28. The first kappa shape index (κ1) is 14.2. The minimum atomic E-state index is -0.816. The second-order valence-corrected chi connectivity index (χ2v) is 4.89. The van der Waals surface area contributed by atoms with Crippen LogP contribution in [0.15, 0.2) is 18.2 Å². The first-order chi connectivity index (χ1) is 9.56. The minimum absolute atomic E-state index is 0.212. The molecule has 0 unspecified atom stereocenters. The number of piperidine rings is 1. The van der Waals surface area contributed by atoms with Crippen molar-refractivity contribution in [3.05, 3.63) is 29.6 Å². The van der Waals surface area contributed by atoms with Crippen LogP contribution in [0.4, 0.5) is 10.1 Å². The fraction of sp³-hybridized carbons (Fsp3) is 0.400. The molecule has 1 heterocycles. The smallest absolute Gasteiger partial charge is 0.237 e. The molecule has 0 aliphatic carbocycles. The number of ketones is 1. The van der Waals surface area contributed by atoms with Crippen LogP contribution in [0.2, 0.25) is 0 Å². The average molecular weight is 274 g/mol. The molecule has 1 aromatic carbocycles. The lowest BCUT2D eigenvalue weighted by atomic mass is 9.91. The van der Waals surface area contributed by atoms with Crippen LogP contribution in [0.3, 0.4) is 0 Å². The van der Waals surface area contributed by atoms with Gasteiger partial charge >= 0.3 is 0 Å². The molecule has 0 saturated carbocycles. The first-order valence-electron chi connectivity index (χ1n) is 6.52. The summed E-state index contributed by atoms with van der Waals surface area (Å²) >= 11 is 0. The highest BCUT2D eigenvalue weighted by atomic mass is 19.1. The van der Waals surface area contributed by atoms with Crippen molar-refractivity contribution in [3.63, 3.8) is 0 Å². The first-order valence-corrected chi connectivity index (χ1v) is 6.52. The number of nitrogens with zero attached hydrogens (tertiary/aromatic N) is 2. The predicted molar refractivity (Wildman–Crippen MR) is 71.5 cm³/mol. The summed E-state index contributed by atoms with van der Waals surface area (Å²) in [5, 5.41) is 8.56. The number of halogens is 1. The van der Waals surface area contributed by atoms with Gasteiger partial charge in [-0.2, -0.15) is 5.26 Å². The molecule has 1 atom stereocenters. The van der Waals surface area contributed by atoms with E-state index in [1.54, 1.807) is 25.1 Å². The quantitative estimate of drug-likeness (QED) is 0.795. The van der Waals surface area contributed by atoms with Crippen LogP contribution in [0.5, 0.6) is 0 Å². The van der Waals surface area contributed by atoms with Crippen LogP contribution < -0.4 is 4.90 Å². The van der Waals surface area contributed by atoms with E-state index in [1.807, 2.05) is 0 Å². The van der Waals surface area contributed by atoms with E-state index in [-0.39, 0.29) is 17.9 Å². The summed E-state index contributed by atoms with van der Waals surface area (Å²) in [5.74, 6) is -2.03. The van der Waals surface area contributed by atoms with Gasteiger partial charge in [0.05, 0.1) is 24.1 Å². The van der Waals surface area contributed by atoms with Gasteiger partial charge in [-0.25, -0.2) is 4.39 Å². The molecule has 0 bridgehead atoms. The van der Waals surface area contributed by atoms with Crippen molar-refractivity contribution < 1.29 is 14.0 Å². The van der Waals surface area contributed by atoms with Crippen LogP contribution in [0.1, 0.15) is 24.8 Å². The number of Topliss-reactive ketones (excluding diaryl/α,β-unsaturated/α-hetero) is 1. The summed E-state index contributed by atoms with van der Waals surface area (Å²) in [6.45, 7) is 2.03. The zero-order valence-corrected chi connectivity index (χ0v) is 11.2. The Balaban J connectivity index is 2.29. The van der Waals surface area contributed by atoms with Crippen molar-refractivity contribution in [2.45, 2.75) is 26.2 Å². The fourth-order valence-electron chi connectivity index (χ4n) is 2.45. The largest absolute Gasteiger partial charge is 0.309 e. The summed E-state index contributed by atoms with van der Waals surface area (Å²) in [5.41, 5.74) is 0.672. The number of hydrogen-bond acceptors (Lipinski definition) is 3. The molecule has 0 spiro atoms. The Kier molecular flexibility index (Phi) is 4.14. The number of hydrogen-bond donors (Lipinski definition) is 0. The van der Waals surface area contributed by atoms with Crippen LogP contribution in [0, 0.1) is 30.0 Å². The van der Waals surface area contributed by atoms with Gasteiger partial charge in [-0.15, -0.1) is 0 Å². The Labute approximate surface area is 116 Å². The van der Waals surface area contributed by atoms with Gasteiger partial charge in [-0.05, 0) is 31.4 Å². The monoisotopic (exact) mass is 274 g/mol. The highest BCUT2D eigenvalue weighted by Gasteiger charge is 2.35. The van der Waals surface area contributed by atoms with Gasteiger partial charge < -0.3 is 4.90 Å². The predicted octanol–water partition coefficient (Wildman–Crippen LogP) is 2.36. The molecule has 0 aromatic heterocycles. The number of rotatable bonds is 3. The molecule has 1 aliphatic rings. The zero-order chi connectivity index (χ0) is 14.7. The molecule has 0 radical (unpaired) electrons. The molecular formula is C15H15FN2O2. The standard InChI is InChI=1S/C15H15FN2O2/c1-10-4-2-6-12(14(10)16)18-9-3-5-11(15(18)20)13(19)7-8-17/h2,4,6,11H,3,5,7,9H2,1H3/t11-/m1/s1. The van der Waals surface area contributed by atoms with Crippen LogP contribution >= 0.6 is 0 Å². The van der Waals surface area contributed by atoms with Crippen molar-refractivity contribution in [2.75, 3.05) is 11.4 Å². The fourth-order valence-corrected chi connectivity index (χ4v) is 2.45. The Morgan fingerprint density at radius 1 is 1.55 bits per heavy atom. The molecule has 1 amide bonds. The Morgan fingerprint density at radius 3 is 3.00 bits per heavy atom. The van der Waals surface area contributed by atoms with E-state index in [0.29, 0.717) is 24.9 Å². The molecule has 104 valence electrons. The molecule has 4 nitrogen and oxygen atoms in total. The van der Waals surface area contributed by atoms with Crippen molar-refractivity contribution in [1.82, 2.24) is 0 Å². The van der Waals surface area contributed by atoms with Gasteiger partial charge in [0.1, 0.15) is 5.82 Å². The molecule has 1 fully saturated rings. The van der Waals surface area contributed by atoms with E-state index in [2.05, 4.69) is 0 Å². The molecule has 1 aromatic rings. The van der Waals surface area contributed by atoms with Gasteiger partial charge in [0.15, 0.2) is 5.78 Å². The average Bonchev–Trinajstić information content (AvgIpc) is 2.43. The molecular weight excluding hydrogens is 259 g/mol. The number of carbonyl (C=O) groups excluding carboxylic acids is 2. The number of anilines is 1. The Bertz CT molecular complexity index is 592. The van der Waals surface area contributed by atoms with Crippen molar-refractivity contribution in [1.29, 1.82) is 5.26 Å². The van der Waals surface area contributed by atoms with Crippen LogP contribution in [-0.4, -0.2) is 18.2 Å². The Hall–Kier alpha value is -2.22. The van der Waals surface area contributed by atoms with E-state index in [4.69, 9.17) is 5.26 Å². The van der Waals surface area contributed by atoms with Crippen molar-refractivity contribution >= 4 is 17.4 Å². The van der Waals surface area contributed by atoms with Crippen LogP contribution in [-0.2, 0) is 9.59 Å².